The van der Waals surface area contributed by atoms with E-state index in [0.29, 0.717) is 26.2 Å². The van der Waals surface area contributed by atoms with Gasteiger partial charge in [-0.2, -0.15) is 0 Å². The third-order valence-corrected chi connectivity index (χ3v) is 5.52. The van der Waals surface area contributed by atoms with Crippen LogP contribution in [0.25, 0.3) is 0 Å². The van der Waals surface area contributed by atoms with E-state index in [0.717, 1.165) is 26.3 Å². The van der Waals surface area contributed by atoms with Crippen molar-refractivity contribution in [1.29, 1.82) is 0 Å². The molecule has 2 N–H and O–H groups in total. The van der Waals surface area contributed by atoms with Gasteiger partial charge in [0.25, 0.3) is 0 Å². The van der Waals surface area contributed by atoms with Gasteiger partial charge in [0.15, 0.2) is 0 Å². The molecule has 200 valence electrons. The summed E-state index contributed by atoms with van der Waals surface area (Å²) in [5.41, 5.74) is -0.863. The highest BCUT2D eigenvalue weighted by molar-refractivity contribution is 5.85. The Balaban J connectivity index is 0.000000321. The van der Waals surface area contributed by atoms with Crippen LogP contribution in [0.3, 0.4) is 0 Å². The van der Waals surface area contributed by atoms with Crippen LogP contribution in [0.4, 0.5) is 9.59 Å². The minimum absolute atomic E-state index is 0. The number of carbonyl (C=O) groups excluding carboxylic acids is 2. The maximum absolute atomic E-state index is 11.8. The summed E-state index contributed by atoms with van der Waals surface area (Å²) in [5, 5.41) is 6.71. The molecule has 0 aromatic rings. The molecule has 0 aromatic heterocycles. The first-order valence-corrected chi connectivity index (χ1v) is 11.6. The third-order valence-electron chi connectivity index (χ3n) is 5.52. The maximum Gasteiger partial charge on any atom is 0.410 e. The summed E-state index contributed by atoms with van der Waals surface area (Å²) in [6.45, 7) is 17.1. The van der Waals surface area contributed by atoms with E-state index in [9.17, 15) is 9.59 Å². The van der Waals surface area contributed by atoms with Crippen molar-refractivity contribution in [3.8, 4) is 0 Å². The third kappa shape index (κ3) is 9.20. The SMILES string of the molecule is CC(C)(C)OC(=O)N1C[C@@H]2NCCO[C@@H]2C1.CC(C)(C)OC(=O)N1C[C@@H]2OCCN[C@@H]2C1.Cl.Cl. The maximum atomic E-state index is 11.8. The Morgan fingerprint density at radius 3 is 1.35 bits per heavy atom. The molecule has 34 heavy (non-hydrogen) atoms. The van der Waals surface area contributed by atoms with Gasteiger partial charge in [0, 0.05) is 26.2 Å². The van der Waals surface area contributed by atoms with Crippen LogP contribution >= 0.6 is 24.8 Å². The molecule has 0 spiro atoms. The molecule has 12 heteroatoms. The normalized spacial score (nSPS) is 28.3. The largest absolute Gasteiger partial charge is 0.444 e. The molecule has 2 amide bonds. The number of morpholine rings is 2. The fourth-order valence-electron chi connectivity index (χ4n) is 4.14. The van der Waals surface area contributed by atoms with Crippen LogP contribution in [0.5, 0.6) is 0 Å². The fourth-order valence-corrected chi connectivity index (χ4v) is 4.14. The van der Waals surface area contributed by atoms with Gasteiger partial charge in [-0.1, -0.05) is 0 Å². The van der Waals surface area contributed by atoms with Crippen LogP contribution in [0.15, 0.2) is 0 Å². The molecule has 4 fully saturated rings. The molecular weight excluding hydrogens is 487 g/mol. The van der Waals surface area contributed by atoms with Gasteiger partial charge in [0.2, 0.25) is 0 Å². The van der Waals surface area contributed by atoms with Gasteiger partial charge in [-0.3, -0.25) is 0 Å². The summed E-state index contributed by atoms with van der Waals surface area (Å²) in [7, 11) is 0. The Bertz CT molecular complexity index is 589. The number of halogens is 2. The molecule has 4 rings (SSSR count). The van der Waals surface area contributed by atoms with Crippen molar-refractivity contribution >= 4 is 37.0 Å². The predicted octanol–water partition coefficient (Wildman–Crippen LogP) is 2.03. The summed E-state index contributed by atoms with van der Waals surface area (Å²) in [6, 6.07) is 0.530. The Kier molecular flexibility index (Phi) is 11.6. The molecular formula is C22H42Cl2N4O6. The van der Waals surface area contributed by atoms with Gasteiger partial charge in [0.05, 0.1) is 50.6 Å². The van der Waals surface area contributed by atoms with Crippen LogP contribution in [0.2, 0.25) is 0 Å². The van der Waals surface area contributed by atoms with Crippen molar-refractivity contribution in [2.45, 2.75) is 77.0 Å². The summed E-state index contributed by atoms with van der Waals surface area (Å²) < 4.78 is 21.9. The second-order valence-corrected chi connectivity index (χ2v) is 10.7. The lowest BCUT2D eigenvalue weighted by molar-refractivity contribution is 0.0102. The highest BCUT2D eigenvalue weighted by atomic mass is 35.5. The average molecular weight is 530 g/mol. The first-order chi connectivity index (χ1) is 14.9. The lowest BCUT2D eigenvalue weighted by atomic mass is 10.2. The van der Waals surface area contributed by atoms with Gasteiger partial charge in [-0.15, -0.1) is 24.8 Å². The minimum atomic E-state index is -0.431. The van der Waals surface area contributed by atoms with Gasteiger partial charge < -0.3 is 39.4 Å². The zero-order valence-electron chi connectivity index (χ0n) is 21.1. The number of ether oxygens (including phenoxy) is 4. The Morgan fingerprint density at radius 1 is 0.706 bits per heavy atom. The van der Waals surface area contributed by atoms with Gasteiger partial charge in [0.1, 0.15) is 11.2 Å². The molecule has 0 radical (unpaired) electrons. The smallest absolute Gasteiger partial charge is 0.410 e. The Labute approximate surface area is 215 Å². The summed E-state index contributed by atoms with van der Waals surface area (Å²) in [4.78, 5) is 27.1. The first kappa shape index (κ1) is 31.0. The summed E-state index contributed by atoms with van der Waals surface area (Å²) in [6.07, 6.45) is -0.234. The number of carbonyl (C=O) groups is 2. The average Bonchev–Trinajstić information content (AvgIpc) is 3.30. The molecule has 4 atom stereocenters. The molecule has 0 saturated carbocycles. The standard InChI is InChI=1S/2C11H20N2O3.2ClH/c2*1-11(2,3)16-10(14)13-6-8-9(7-13)15-5-4-12-8;;/h2*8-9,12H,4-7H2,1-3H3;2*1H/t2*8-,9+;;/m10../s1. The summed E-state index contributed by atoms with van der Waals surface area (Å²) >= 11 is 0. The molecule has 10 nitrogen and oxygen atoms in total. The Morgan fingerprint density at radius 2 is 1.06 bits per heavy atom. The van der Waals surface area contributed by atoms with Gasteiger partial charge >= 0.3 is 12.2 Å². The zero-order valence-corrected chi connectivity index (χ0v) is 22.8. The molecule has 0 bridgehead atoms. The van der Waals surface area contributed by atoms with E-state index in [1.165, 1.54) is 0 Å². The zero-order chi connectivity index (χ0) is 23.5. The number of hydrogen-bond acceptors (Lipinski definition) is 8. The number of nitrogens with zero attached hydrogens (tertiary/aromatic N) is 2. The van der Waals surface area contributed by atoms with Gasteiger partial charge in [-0.05, 0) is 41.5 Å². The van der Waals surface area contributed by atoms with E-state index in [2.05, 4.69) is 10.6 Å². The minimum Gasteiger partial charge on any atom is -0.444 e. The number of amides is 2. The summed E-state index contributed by atoms with van der Waals surface area (Å²) in [5.74, 6) is 0. The number of hydrogen-bond donors (Lipinski definition) is 2. The van der Waals surface area contributed by atoms with Crippen molar-refractivity contribution in [2.24, 2.45) is 0 Å². The topological polar surface area (TPSA) is 102 Å². The second kappa shape index (κ2) is 12.8. The van der Waals surface area contributed by atoms with Crippen molar-refractivity contribution in [1.82, 2.24) is 20.4 Å². The van der Waals surface area contributed by atoms with E-state index in [4.69, 9.17) is 18.9 Å². The van der Waals surface area contributed by atoms with Crippen LogP contribution in [0.1, 0.15) is 41.5 Å². The highest BCUT2D eigenvalue weighted by Crippen LogP contribution is 2.20. The predicted molar refractivity (Wildman–Crippen MR) is 133 cm³/mol. The van der Waals surface area contributed by atoms with Crippen molar-refractivity contribution < 1.29 is 28.5 Å². The Hall–Kier alpha value is -1.04. The number of likely N-dealkylation sites (tertiary alicyclic amines) is 2. The van der Waals surface area contributed by atoms with Crippen LogP contribution < -0.4 is 10.6 Å². The van der Waals surface area contributed by atoms with Gasteiger partial charge in [-0.25, -0.2) is 9.59 Å². The second-order valence-electron chi connectivity index (χ2n) is 10.7. The fraction of sp³-hybridized carbons (Fsp3) is 0.909. The molecule has 0 aromatic carbocycles. The van der Waals surface area contributed by atoms with Crippen LogP contribution in [-0.4, -0.2) is 110 Å². The van der Waals surface area contributed by atoms with E-state index in [1.54, 1.807) is 9.80 Å². The lowest BCUT2D eigenvalue weighted by Crippen LogP contribution is -2.47. The van der Waals surface area contributed by atoms with Crippen molar-refractivity contribution in [3.63, 3.8) is 0 Å². The highest BCUT2D eigenvalue weighted by Gasteiger charge is 2.40. The van der Waals surface area contributed by atoms with E-state index >= 15 is 0 Å². The molecule has 4 heterocycles. The van der Waals surface area contributed by atoms with E-state index < -0.39 is 11.2 Å². The monoisotopic (exact) mass is 528 g/mol. The number of nitrogens with one attached hydrogen (secondary N) is 2. The van der Waals surface area contributed by atoms with Crippen LogP contribution in [-0.2, 0) is 18.9 Å². The molecule has 4 aliphatic heterocycles. The first-order valence-electron chi connectivity index (χ1n) is 11.6. The molecule has 4 aliphatic rings. The van der Waals surface area contributed by atoms with Crippen molar-refractivity contribution in [2.75, 3.05) is 52.5 Å². The van der Waals surface area contributed by atoms with E-state index in [-0.39, 0.29) is 61.3 Å². The molecule has 0 aliphatic carbocycles. The van der Waals surface area contributed by atoms with Crippen LogP contribution in [0, 0.1) is 0 Å². The van der Waals surface area contributed by atoms with E-state index in [1.807, 2.05) is 41.5 Å². The molecule has 4 saturated heterocycles. The number of rotatable bonds is 0. The quantitative estimate of drug-likeness (QED) is 0.492. The lowest BCUT2D eigenvalue weighted by Gasteiger charge is -2.25. The number of fused-ring (bicyclic) bond motifs is 2. The van der Waals surface area contributed by atoms with Crippen molar-refractivity contribution in [3.05, 3.63) is 0 Å². The molecule has 0 unspecified atom stereocenters.